The highest BCUT2D eigenvalue weighted by Crippen LogP contribution is 2.24. The average Bonchev–Trinajstić information content (AvgIpc) is 2.73. The van der Waals surface area contributed by atoms with E-state index in [0.29, 0.717) is 24.7 Å². The monoisotopic (exact) mass is 386 g/mol. The lowest BCUT2D eigenvalue weighted by atomic mass is 10.2. The van der Waals surface area contributed by atoms with Crippen LogP contribution in [0.5, 0.6) is 11.5 Å². The van der Waals surface area contributed by atoms with E-state index in [9.17, 15) is 14.7 Å². The summed E-state index contributed by atoms with van der Waals surface area (Å²) in [5.74, 6) is -1.13. The third-order valence-electron chi connectivity index (χ3n) is 4.29. The van der Waals surface area contributed by atoms with Gasteiger partial charge in [-0.3, -0.25) is 4.79 Å². The normalized spacial score (nSPS) is 13.7. The molecule has 0 radical (unpaired) electrons. The van der Waals surface area contributed by atoms with Crippen LogP contribution in [0.3, 0.4) is 0 Å². The van der Waals surface area contributed by atoms with Gasteiger partial charge in [-0.15, -0.1) is 0 Å². The minimum atomic E-state index is -0.794. The molecule has 8 nitrogen and oxygen atoms in total. The highest BCUT2D eigenvalue weighted by Gasteiger charge is 2.16. The molecule has 0 aliphatic carbocycles. The molecule has 1 amide bonds. The molecule has 0 atom stereocenters. The van der Waals surface area contributed by atoms with Gasteiger partial charge >= 0.3 is 5.97 Å². The molecule has 148 valence electrons. The van der Waals surface area contributed by atoms with Gasteiger partial charge in [-0.2, -0.15) is 0 Å². The van der Waals surface area contributed by atoms with Crippen molar-refractivity contribution < 1.29 is 28.9 Å². The van der Waals surface area contributed by atoms with Crippen LogP contribution in [0.4, 0.5) is 11.4 Å². The molecule has 0 aromatic heterocycles. The van der Waals surface area contributed by atoms with Crippen LogP contribution in [0.25, 0.3) is 0 Å². The van der Waals surface area contributed by atoms with Crippen molar-refractivity contribution in [3.8, 4) is 11.5 Å². The Balaban J connectivity index is 1.50. The summed E-state index contributed by atoms with van der Waals surface area (Å²) in [5, 5.41) is 12.5. The number of anilines is 2. The van der Waals surface area contributed by atoms with E-state index >= 15 is 0 Å². The number of nitrogens with zero attached hydrogens (tertiary/aromatic N) is 1. The van der Waals surface area contributed by atoms with Gasteiger partial charge in [0.2, 0.25) is 0 Å². The molecule has 0 spiro atoms. The van der Waals surface area contributed by atoms with Crippen molar-refractivity contribution in [1.29, 1.82) is 0 Å². The van der Waals surface area contributed by atoms with E-state index in [1.54, 1.807) is 12.1 Å². The van der Waals surface area contributed by atoms with E-state index in [4.69, 9.17) is 14.2 Å². The lowest BCUT2D eigenvalue weighted by molar-refractivity contribution is -0.119. The first-order valence-electron chi connectivity index (χ1n) is 8.83. The van der Waals surface area contributed by atoms with Gasteiger partial charge in [0.1, 0.15) is 17.1 Å². The third kappa shape index (κ3) is 4.92. The van der Waals surface area contributed by atoms with E-state index in [-0.39, 0.29) is 11.3 Å². The maximum Gasteiger partial charge on any atom is 0.342 e. The number of carbonyl (C=O) groups excluding carboxylic acids is 2. The fraction of sp³-hybridized carbons (Fsp3) is 0.300. The Hall–Kier alpha value is -3.26. The van der Waals surface area contributed by atoms with Gasteiger partial charge in [-0.1, -0.05) is 0 Å². The summed E-state index contributed by atoms with van der Waals surface area (Å²) in [6.07, 6.45) is 0. The molecule has 2 N–H and O–H groups in total. The van der Waals surface area contributed by atoms with Crippen molar-refractivity contribution in [2.75, 3.05) is 50.2 Å². The Morgan fingerprint density at radius 1 is 1.14 bits per heavy atom. The minimum absolute atomic E-state index is 0.0385. The molecule has 1 saturated heterocycles. The van der Waals surface area contributed by atoms with E-state index in [0.717, 1.165) is 18.8 Å². The maximum atomic E-state index is 12.0. The van der Waals surface area contributed by atoms with Crippen molar-refractivity contribution in [3.63, 3.8) is 0 Å². The Kier molecular flexibility index (Phi) is 6.33. The van der Waals surface area contributed by atoms with Gasteiger partial charge in [0, 0.05) is 30.5 Å². The average molecular weight is 386 g/mol. The van der Waals surface area contributed by atoms with Crippen molar-refractivity contribution >= 4 is 23.3 Å². The van der Waals surface area contributed by atoms with Gasteiger partial charge in [0.05, 0.1) is 20.3 Å². The zero-order valence-corrected chi connectivity index (χ0v) is 15.5. The Bertz CT molecular complexity index is 831. The number of nitrogens with one attached hydrogen (secondary N) is 1. The number of morpholine rings is 1. The number of esters is 1. The number of ether oxygens (including phenoxy) is 3. The van der Waals surface area contributed by atoms with Crippen LogP contribution < -0.4 is 15.0 Å². The second-order valence-electron chi connectivity index (χ2n) is 6.15. The second kappa shape index (κ2) is 9.09. The molecule has 0 bridgehead atoms. The van der Waals surface area contributed by atoms with Gasteiger partial charge in [-0.05, 0) is 36.4 Å². The summed E-state index contributed by atoms with van der Waals surface area (Å²) < 4.78 is 15.2. The van der Waals surface area contributed by atoms with Crippen LogP contribution in [-0.4, -0.2) is 57.0 Å². The second-order valence-corrected chi connectivity index (χ2v) is 6.15. The maximum absolute atomic E-state index is 12.0. The predicted octanol–water partition coefficient (Wildman–Crippen LogP) is 2.03. The summed E-state index contributed by atoms with van der Waals surface area (Å²) in [7, 11) is 1.45. The number of hydrogen-bond donors (Lipinski definition) is 2. The lowest BCUT2D eigenvalue weighted by Crippen LogP contribution is -2.36. The number of phenols is 1. The molecule has 0 unspecified atom stereocenters. The van der Waals surface area contributed by atoms with Gasteiger partial charge in [-0.25, -0.2) is 4.79 Å². The van der Waals surface area contributed by atoms with Crippen LogP contribution in [0, 0.1) is 0 Å². The van der Waals surface area contributed by atoms with Crippen molar-refractivity contribution in [3.05, 3.63) is 48.0 Å². The molecule has 1 aliphatic rings. The number of hydrogen-bond acceptors (Lipinski definition) is 7. The first-order valence-corrected chi connectivity index (χ1v) is 8.83. The number of carbonyl (C=O) groups is 2. The summed E-state index contributed by atoms with van der Waals surface area (Å²) in [6.45, 7) is 2.61. The first kappa shape index (κ1) is 19.5. The Morgan fingerprint density at radius 2 is 1.86 bits per heavy atom. The minimum Gasteiger partial charge on any atom is -0.507 e. The fourth-order valence-corrected chi connectivity index (χ4v) is 2.79. The number of amides is 1. The first-order chi connectivity index (χ1) is 13.6. The molecular weight excluding hydrogens is 364 g/mol. The standard InChI is InChI=1S/C20H22N2O6/c1-26-16-6-7-17(18(23)12-16)20(25)28-13-19(24)21-14-2-4-15(5-3-14)22-8-10-27-11-9-22/h2-7,12,23H,8-11,13H2,1H3,(H,21,24). The zero-order valence-electron chi connectivity index (χ0n) is 15.5. The van der Waals surface area contributed by atoms with Gasteiger partial charge in [0.15, 0.2) is 6.61 Å². The summed E-state index contributed by atoms with van der Waals surface area (Å²) in [6, 6.07) is 11.6. The molecular formula is C20H22N2O6. The largest absolute Gasteiger partial charge is 0.507 e. The smallest absolute Gasteiger partial charge is 0.342 e. The molecule has 2 aromatic rings. The quantitative estimate of drug-likeness (QED) is 0.733. The number of benzene rings is 2. The molecule has 0 saturated carbocycles. The molecule has 8 heteroatoms. The predicted molar refractivity (Wildman–Crippen MR) is 103 cm³/mol. The van der Waals surface area contributed by atoms with Crippen molar-refractivity contribution in [2.45, 2.75) is 0 Å². The summed E-state index contributed by atoms with van der Waals surface area (Å²) in [5.41, 5.74) is 1.62. The Morgan fingerprint density at radius 3 is 2.50 bits per heavy atom. The molecule has 28 heavy (non-hydrogen) atoms. The molecule has 3 rings (SSSR count). The highest BCUT2D eigenvalue weighted by molar-refractivity contribution is 5.96. The van der Waals surface area contributed by atoms with Crippen LogP contribution in [0.1, 0.15) is 10.4 Å². The summed E-state index contributed by atoms with van der Waals surface area (Å²) in [4.78, 5) is 26.3. The highest BCUT2D eigenvalue weighted by atomic mass is 16.5. The van der Waals surface area contributed by atoms with E-state index in [2.05, 4.69) is 10.2 Å². The number of methoxy groups -OCH3 is 1. The lowest BCUT2D eigenvalue weighted by Gasteiger charge is -2.28. The van der Waals surface area contributed by atoms with E-state index < -0.39 is 18.5 Å². The SMILES string of the molecule is COc1ccc(C(=O)OCC(=O)Nc2ccc(N3CCOCC3)cc2)c(O)c1. The Labute approximate surface area is 162 Å². The third-order valence-corrected chi connectivity index (χ3v) is 4.29. The summed E-state index contributed by atoms with van der Waals surface area (Å²) >= 11 is 0. The molecule has 2 aromatic carbocycles. The molecule has 1 aliphatic heterocycles. The van der Waals surface area contributed by atoms with Crippen LogP contribution in [-0.2, 0) is 14.3 Å². The zero-order chi connectivity index (χ0) is 19.9. The van der Waals surface area contributed by atoms with Gasteiger partial charge in [0.25, 0.3) is 5.91 Å². The van der Waals surface area contributed by atoms with E-state index in [1.165, 1.54) is 25.3 Å². The van der Waals surface area contributed by atoms with Crippen LogP contribution in [0.15, 0.2) is 42.5 Å². The topological polar surface area (TPSA) is 97.3 Å². The van der Waals surface area contributed by atoms with Crippen LogP contribution >= 0.6 is 0 Å². The number of phenolic OH excluding ortho intramolecular Hbond substituents is 1. The van der Waals surface area contributed by atoms with Crippen molar-refractivity contribution in [2.24, 2.45) is 0 Å². The molecule has 1 heterocycles. The fourth-order valence-electron chi connectivity index (χ4n) is 2.79. The van der Waals surface area contributed by atoms with E-state index in [1.807, 2.05) is 12.1 Å². The van der Waals surface area contributed by atoms with Crippen molar-refractivity contribution in [1.82, 2.24) is 0 Å². The number of aromatic hydroxyl groups is 1. The van der Waals surface area contributed by atoms with Crippen LogP contribution in [0.2, 0.25) is 0 Å². The molecule has 1 fully saturated rings. The van der Waals surface area contributed by atoms with Gasteiger partial charge < -0.3 is 29.5 Å². The number of rotatable bonds is 6.